The number of hydrogen-bond acceptors (Lipinski definition) is 2. The lowest BCUT2D eigenvalue weighted by molar-refractivity contribution is 0.0968. The molecule has 3 rings (SSSR count). The number of ketones is 1. The number of nitrogens with one attached hydrogen (secondary N) is 1. The van der Waals surface area contributed by atoms with Gasteiger partial charge in [-0.2, -0.15) is 0 Å². The Hall–Kier alpha value is -1.77. The lowest BCUT2D eigenvalue weighted by atomic mass is 9.95. The summed E-state index contributed by atoms with van der Waals surface area (Å²) in [6.07, 6.45) is 2.62. The molecule has 0 spiro atoms. The van der Waals surface area contributed by atoms with Crippen LogP contribution in [0.2, 0.25) is 0 Å². The predicted molar refractivity (Wildman–Crippen MR) is 62.1 cm³/mol. The summed E-state index contributed by atoms with van der Waals surface area (Å²) < 4.78 is 5.18. The second-order valence-electron chi connectivity index (χ2n) is 4.17. The van der Waals surface area contributed by atoms with E-state index in [1.165, 1.54) is 5.56 Å². The zero-order chi connectivity index (χ0) is 11.1. The molecule has 0 amide bonds. The van der Waals surface area contributed by atoms with Gasteiger partial charge in [-0.3, -0.25) is 4.79 Å². The highest BCUT2D eigenvalue weighted by atomic mass is 16.5. The van der Waals surface area contributed by atoms with Crippen LogP contribution in [0.3, 0.4) is 0 Å². The van der Waals surface area contributed by atoms with Crippen LogP contribution in [0.5, 0.6) is 5.75 Å². The molecule has 1 aromatic carbocycles. The van der Waals surface area contributed by atoms with E-state index in [1.807, 2.05) is 18.2 Å². The van der Waals surface area contributed by atoms with E-state index >= 15 is 0 Å². The molecule has 1 aliphatic rings. The van der Waals surface area contributed by atoms with Crippen molar-refractivity contribution < 1.29 is 9.53 Å². The van der Waals surface area contributed by atoms with Crippen LogP contribution in [0.25, 0.3) is 10.9 Å². The number of fused-ring (bicyclic) bond motifs is 3. The number of aromatic nitrogens is 1. The number of H-pyrrole nitrogens is 1. The van der Waals surface area contributed by atoms with Gasteiger partial charge < -0.3 is 9.72 Å². The number of Topliss-reactive ketones (excluding diaryl/α,β-unsaturated/α-hetero) is 1. The van der Waals surface area contributed by atoms with E-state index in [0.29, 0.717) is 6.42 Å². The lowest BCUT2D eigenvalue weighted by Crippen LogP contribution is -2.09. The number of carbonyl (C=O) groups excluding carboxylic acids is 1. The molecule has 16 heavy (non-hydrogen) atoms. The van der Waals surface area contributed by atoms with Gasteiger partial charge in [0.25, 0.3) is 0 Å². The number of ether oxygens (including phenoxy) is 1. The highest BCUT2D eigenvalue weighted by Gasteiger charge is 2.21. The monoisotopic (exact) mass is 215 g/mol. The summed E-state index contributed by atoms with van der Waals surface area (Å²) in [7, 11) is 1.65. The van der Waals surface area contributed by atoms with Crippen molar-refractivity contribution in [3.05, 3.63) is 29.5 Å². The second kappa shape index (κ2) is 3.37. The minimum atomic E-state index is 0.233. The highest BCUT2D eigenvalue weighted by molar-refractivity contribution is 6.03. The molecule has 0 saturated carbocycles. The number of aromatic amines is 1. The van der Waals surface area contributed by atoms with Gasteiger partial charge >= 0.3 is 0 Å². The average molecular weight is 215 g/mol. The number of carbonyl (C=O) groups is 1. The molecule has 0 atom stereocenters. The summed E-state index contributed by atoms with van der Waals surface area (Å²) in [6.45, 7) is 0. The van der Waals surface area contributed by atoms with Crippen LogP contribution in [0.1, 0.15) is 28.9 Å². The fourth-order valence-electron chi connectivity index (χ4n) is 2.41. The standard InChI is InChI=1S/C13H13NO2/c1-16-8-5-6-9-10-3-2-4-12(15)13(10)14-11(9)7-8/h5-7,14H,2-4H2,1H3. The minimum Gasteiger partial charge on any atom is -0.497 e. The normalized spacial score (nSPS) is 15.2. The van der Waals surface area contributed by atoms with Crippen LogP contribution in [0.15, 0.2) is 18.2 Å². The van der Waals surface area contributed by atoms with E-state index in [0.717, 1.165) is 35.2 Å². The first kappa shape index (κ1) is 9.46. The number of methoxy groups -OCH3 is 1. The van der Waals surface area contributed by atoms with Crippen LogP contribution in [0.4, 0.5) is 0 Å². The van der Waals surface area contributed by atoms with E-state index in [9.17, 15) is 4.79 Å². The lowest BCUT2D eigenvalue weighted by Gasteiger charge is -2.09. The van der Waals surface area contributed by atoms with E-state index in [-0.39, 0.29) is 5.78 Å². The summed E-state index contributed by atoms with van der Waals surface area (Å²) >= 11 is 0. The topological polar surface area (TPSA) is 42.1 Å². The van der Waals surface area contributed by atoms with Gasteiger partial charge in [0, 0.05) is 23.4 Å². The van der Waals surface area contributed by atoms with Crippen LogP contribution in [-0.2, 0) is 6.42 Å². The maximum atomic E-state index is 11.7. The first-order chi connectivity index (χ1) is 7.79. The maximum absolute atomic E-state index is 11.7. The molecule has 0 radical (unpaired) electrons. The van der Waals surface area contributed by atoms with Gasteiger partial charge in [0.05, 0.1) is 12.8 Å². The Morgan fingerprint density at radius 2 is 2.19 bits per heavy atom. The van der Waals surface area contributed by atoms with Gasteiger partial charge in [-0.25, -0.2) is 0 Å². The first-order valence-electron chi connectivity index (χ1n) is 5.51. The highest BCUT2D eigenvalue weighted by Crippen LogP contribution is 2.30. The smallest absolute Gasteiger partial charge is 0.179 e. The Morgan fingerprint density at radius 1 is 1.31 bits per heavy atom. The van der Waals surface area contributed by atoms with Gasteiger partial charge in [0.1, 0.15) is 5.75 Å². The maximum Gasteiger partial charge on any atom is 0.179 e. The molecule has 1 N–H and O–H groups in total. The fraction of sp³-hybridized carbons (Fsp3) is 0.308. The Morgan fingerprint density at radius 3 is 3.00 bits per heavy atom. The molecule has 0 bridgehead atoms. The Labute approximate surface area is 93.4 Å². The zero-order valence-electron chi connectivity index (χ0n) is 9.17. The average Bonchev–Trinajstić information content (AvgIpc) is 2.68. The molecule has 0 unspecified atom stereocenters. The molecule has 1 aromatic heterocycles. The van der Waals surface area contributed by atoms with Gasteiger partial charge in [-0.05, 0) is 30.5 Å². The van der Waals surface area contributed by atoms with Crippen molar-refractivity contribution in [1.82, 2.24) is 4.98 Å². The third kappa shape index (κ3) is 1.24. The van der Waals surface area contributed by atoms with Crippen molar-refractivity contribution in [3.8, 4) is 5.75 Å². The van der Waals surface area contributed by atoms with Crippen molar-refractivity contribution in [2.75, 3.05) is 7.11 Å². The van der Waals surface area contributed by atoms with Gasteiger partial charge in [-0.1, -0.05) is 0 Å². The molecule has 3 heteroatoms. The van der Waals surface area contributed by atoms with Gasteiger partial charge in [0.2, 0.25) is 0 Å². The molecule has 0 aliphatic heterocycles. The number of hydrogen-bond donors (Lipinski definition) is 1. The Kier molecular flexibility index (Phi) is 1.99. The Balaban J connectivity index is 2.27. The van der Waals surface area contributed by atoms with Crippen molar-refractivity contribution in [1.29, 1.82) is 0 Å². The van der Waals surface area contributed by atoms with Gasteiger partial charge in [-0.15, -0.1) is 0 Å². The second-order valence-corrected chi connectivity index (χ2v) is 4.17. The summed E-state index contributed by atoms with van der Waals surface area (Å²) in [4.78, 5) is 15.0. The van der Waals surface area contributed by atoms with E-state index in [1.54, 1.807) is 7.11 Å². The van der Waals surface area contributed by atoms with Crippen LogP contribution >= 0.6 is 0 Å². The first-order valence-corrected chi connectivity index (χ1v) is 5.51. The number of rotatable bonds is 1. The molecule has 3 nitrogen and oxygen atoms in total. The zero-order valence-corrected chi connectivity index (χ0v) is 9.17. The van der Waals surface area contributed by atoms with E-state index < -0.39 is 0 Å². The largest absolute Gasteiger partial charge is 0.497 e. The molecule has 1 aliphatic carbocycles. The van der Waals surface area contributed by atoms with Crippen molar-refractivity contribution in [2.45, 2.75) is 19.3 Å². The van der Waals surface area contributed by atoms with E-state index in [4.69, 9.17) is 4.74 Å². The Bertz CT molecular complexity index is 569. The molecule has 0 saturated heterocycles. The van der Waals surface area contributed by atoms with Gasteiger partial charge in [0.15, 0.2) is 5.78 Å². The third-order valence-corrected chi connectivity index (χ3v) is 3.22. The summed E-state index contributed by atoms with van der Waals surface area (Å²) in [6, 6.07) is 5.92. The van der Waals surface area contributed by atoms with Crippen molar-refractivity contribution >= 4 is 16.7 Å². The molecular formula is C13H13NO2. The number of aryl methyl sites for hydroxylation is 1. The summed E-state index contributed by atoms with van der Waals surface area (Å²) in [5, 5.41) is 1.16. The molecule has 82 valence electrons. The summed E-state index contributed by atoms with van der Waals surface area (Å²) in [5.74, 6) is 1.05. The van der Waals surface area contributed by atoms with Crippen molar-refractivity contribution in [3.63, 3.8) is 0 Å². The molecule has 1 heterocycles. The SMILES string of the molecule is COc1ccc2c3c([nH]c2c1)C(=O)CCC3. The van der Waals surface area contributed by atoms with Crippen LogP contribution < -0.4 is 4.74 Å². The van der Waals surface area contributed by atoms with Crippen LogP contribution in [-0.4, -0.2) is 17.9 Å². The molecular weight excluding hydrogens is 202 g/mol. The van der Waals surface area contributed by atoms with Crippen LogP contribution in [0, 0.1) is 0 Å². The third-order valence-electron chi connectivity index (χ3n) is 3.22. The van der Waals surface area contributed by atoms with E-state index in [2.05, 4.69) is 4.98 Å². The minimum absolute atomic E-state index is 0.233. The van der Waals surface area contributed by atoms with Crippen molar-refractivity contribution in [2.24, 2.45) is 0 Å². The molecule has 2 aromatic rings. The number of benzene rings is 1. The quantitative estimate of drug-likeness (QED) is 0.794. The molecule has 0 fully saturated rings. The fourth-order valence-corrected chi connectivity index (χ4v) is 2.41. The summed E-state index contributed by atoms with van der Waals surface area (Å²) in [5.41, 5.74) is 2.98. The predicted octanol–water partition coefficient (Wildman–Crippen LogP) is 2.70.